The summed E-state index contributed by atoms with van der Waals surface area (Å²) in [7, 11) is 0. The number of carboxylic acid groups (broad SMARTS) is 1. The van der Waals surface area contributed by atoms with Crippen LogP contribution in [0.2, 0.25) is 0 Å². The minimum Gasteiger partial charge on any atom is -0.481 e. The molecule has 20 heavy (non-hydrogen) atoms. The van der Waals surface area contributed by atoms with E-state index in [0.29, 0.717) is 19.1 Å². The van der Waals surface area contributed by atoms with E-state index in [1.165, 1.54) is 0 Å². The molecule has 6 heteroatoms. The van der Waals surface area contributed by atoms with Crippen molar-refractivity contribution in [3.63, 3.8) is 0 Å². The number of amides is 2. The van der Waals surface area contributed by atoms with Gasteiger partial charge >= 0.3 is 12.0 Å². The normalized spacial score (nSPS) is 12.5. The number of nitrogens with one attached hydrogen (secondary N) is 2. The van der Waals surface area contributed by atoms with Crippen molar-refractivity contribution in [3.05, 3.63) is 0 Å². The fraction of sp³-hybridized carbons (Fsp3) is 0.857. The molecule has 0 fully saturated rings. The highest BCUT2D eigenvalue weighted by Crippen LogP contribution is 2.09. The van der Waals surface area contributed by atoms with Crippen molar-refractivity contribution in [2.45, 2.75) is 34.1 Å². The van der Waals surface area contributed by atoms with Crippen LogP contribution in [0.25, 0.3) is 0 Å². The average molecular weight is 288 g/mol. The number of urea groups is 1. The molecule has 0 heterocycles. The summed E-state index contributed by atoms with van der Waals surface area (Å²) in [6, 6.07) is -0.333. The minimum absolute atomic E-state index is 0.0165. The van der Waals surface area contributed by atoms with Gasteiger partial charge in [-0.15, -0.1) is 0 Å². The van der Waals surface area contributed by atoms with Crippen LogP contribution in [0.15, 0.2) is 0 Å². The number of hydrogen-bond donors (Lipinski definition) is 3. The van der Waals surface area contributed by atoms with Gasteiger partial charge in [-0.05, 0) is 18.3 Å². The third kappa shape index (κ3) is 9.61. The van der Waals surface area contributed by atoms with Gasteiger partial charge in [0.1, 0.15) is 0 Å². The molecule has 1 atom stereocenters. The second-order valence-electron chi connectivity index (χ2n) is 5.65. The van der Waals surface area contributed by atoms with Crippen LogP contribution in [0.1, 0.15) is 34.1 Å². The lowest BCUT2D eigenvalue weighted by atomic mass is 9.96. The second-order valence-corrected chi connectivity index (χ2v) is 5.65. The Labute approximate surface area is 121 Å². The fourth-order valence-electron chi connectivity index (χ4n) is 1.57. The molecular weight excluding hydrogens is 260 g/mol. The summed E-state index contributed by atoms with van der Waals surface area (Å²) in [5.41, 5.74) is 0. The van der Waals surface area contributed by atoms with E-state index in [-0.39, 0.29) is 18.5 Å². The first-order valence-corrected chi connectivity index (χ1v) is 7.16. The van der Waals surface area contributed by atoms with Crippen molar-refractivity contribution in [2.24, 2.45) is 17.8 Å². The van der Waals surface area contributed by atoms with Crippen molar-refractivity contribution < 1.29 is 19.4 Å². The Kier molecular flexibility index (Phi) is 9.80. The third-order valence-electron chi connectivity index (χ3n) is 2.81. The Morgan fingerprint density at radius 1 is 1.15 bits per heavy atom. The first kappa shape index (κ1) is 18.7. The standard InChI is InChI=1S/C14H28N2O4/c1-10(2)9-20-7-5-6-15-14(19)16-8-12(11(3)4)13(17)18/h10-12H,5-9H2,1-4H3,(H,17,18)(H2,15,16,19). The summed E-state index contributed by atoms with van der Waals surface area (Å²) >= 11 is 0. The number of carbonyl (C=O) groups excluding carboxylic acids is 1. The minimum atomic E-state index is -0.887. The van der Waals surface area contributed by atoms with Gasteiger partial charge in [0.15, 0.2) is 0 Å². The van der Waals surface area contributed by atoms with Gasteiger partial charge < -0.3 is 20.5 Å². The zero-order valence-electron chi connectivity index (χ0n) is 12.9. The Balaban J connectivity index is 3.66. The molecule has 0 spiro atoms. The molecule has 0 saturated carbocycles. The molecule has 3 N–H and O–H groups in total. The molecule has 0 saturated heterocycles. The highest BCUT2D eigenvalue weighted by atomic mass is 16.5. The van der Waals surface area contributed by atoms with Crippen LogP contribution in [0.5, 0.6) is 0 Å². The second kappa shape index (κ2) is 10.5. The number of hydrogen-bond acceptors (Lipinski definition) is 3. The maximum absolute atomic E-state index is 11.5. The maximum atomic E-state index is 11.5. The summed E-state index contributed by atoms with van der Waals surface area (Å²) < 4.78 is 5.39. The Morgan fingerprint density at radius 2 is 1.80 bits per heavy atom. The molecule has 0 radical (unpaired) electrons. The van der Waals surface area contributed by atoms with Gasteiger partial charge in [-0.1, -0.05) is 27.7 Å². The summed E-state index contributed by atoms with van der Waals surface area (Å²) in [6.07, 6.45) is 0.743. The summed E-state index contributed by atoms with van der Waals surface area (Å²) in [5.74, 6) is -0.954. The van der Waals surface area contributed by atoms with E-state index < -0.39 is 11.9 Å². The zero-order valence-corrected chi connectivity index (χ0v) is 12.9. The van der Waals surface area contributed by atoms with Crippen LogP contribution in [-0.4, -0.2) is 43.4 Å². The van der Waals surface area contributed by atoms with Gasteiger partial charge in [-0.25, -0.2) is 4.79 Å². The number of aliphatic carboxylic acids is 1. The quantitative estimate of drug-likeness (QED) is 0.534. The van der Waals surface area contributed by atoms with Crippen molar-refractivity contribution in [3.8, 4) is 0 Å². The van der Waals surface area contributed by atoms with Gasteiger partial charge in [0.05, 0.1) is 5.92 Å². The summed E-state index contributed by atoms with van der Waals surface area (Å²) in [4.78, 5) is 22.4. The van der Waals surface area contributed by atoms with Crippen LogP contribution >= 0.6 is 0 Å². The largest absolute Gasteiger partial charge is 0.481 e. The summed E-state index contributed by atoms with van der Waals surface area (Å²) in [6.45, 7) is 9.81. The molecule has 0 rings (SSSR count). The predicted molar refractivity (Wildman–Crippen MR) is 77.6 cm³/mol. The van der Waals surface area contributed by atoms with Crippen molar-refractivity contribution >= 4 is 12.0 Å². The SMILES string of the molecule is CC(C)COCCCNC(=O)NCC(C(=O)O)C(C)C. The van der Waals surface area contributed by atoms with E-state index in [9.17, 15) is 9.59 Å². The van der Waals surface area contributed by atoms with Crippen LogP contribution in [0, 0.1) is 17.8 Å². The van der Waals surface area contributed by atoms with Crippen LogP contribution in [-0.2, 0) is 9.53 Å². The molecule has 1 unspecified atom stereocenters. The molecule has 0 aromatic rings. The summed E-state index contributed by atoms with van der Waals surface area (Å²) in [5, 5.41) is 14.3. The van der Waals surface area contributed by atoms with Crippen molar-refractivity contribution in [1.29, 1.82) is 0 Å². The third-order valence-corrected chi connectivity index (χ3v) is 2.81. The van der Waals surface area contributed by atoms with Gasteiger partial charge in [-0.3, -0.25) is 4.79 Å². The van der Waals surface area contributed by atoms with E-state index in [4.69, 9.17) is 9.84 Å². The molecule has 0 aromatic heterocycles. The van der Waals surface area contributed by atoms with Crippen LogP contribution in [0.3, 0.4) is 0 Å². The number of rotatable bonds is 10. The topological polar surface area (TPSA) is 87.7 Å². The lowest BCUT2D eigenvalue weighted by Gasteiger charge is -2.17. The maximum Gasteiger partial charge on any atom is 0.314 e. The molecule has 6 nitrogen and oxygen atoms in total. The lowest BCUT2D eigenvalue weighted by Crippen LogP contribution is -2.41. The Hall–Kier alpha value is -1.30. The van der Waals surface area contributed by atoms with E-state index in [1.807, 2.05) is 13.8 Å². The molecule has 0 aliphatic rings. The van der Waals surface area contributed by atoms with Crippen molar-refractivity contribution in [1.82, 2.24) is 10.6 Å². The molecule has 0 aromatic carbocycles. The molecule has 0 bridgehead atoms. The molecular formula is C14H28N2O4. The number of ether oxygens (including phenoxy) is 1. The zero-order chi connectivity index (χ0) is 15.5. The average Bonchev–Trinajstić information content (AvgIpc) is 2.32. The molecule has 0 aliphatic heterocycles. The van der Waals surface area contributed by atoms with Crippen LogP contribution < -0.4 is 10.6 Å². The van der Waals surface area contributed by atoms with E-state index in [2.05, 4.69) is 24.5 Å². The Bertz CT molecular complexity index is 293. The fourth-order valence-corrected chi connectivity index (χ4v) is 1.57. The first-order chi connectivity index (χ1) is 9.34. The van der Waals surface area contributed by atoms with Crippen molar-refractivity contribution in [2.75, 3.05) is 26.3 Å². The van der Waals surface area contributed by atoms with Gasteiger partial charge in [0.25, 0.3) is 0 Å². The number of carboxylic acids is 1. The molecule has 118 valence electrons. The van der Waals surface area contributed by atoms with Gasteiger partial charge in [0, 0.05) is 26.3 Å². The molecule has 2 amide bonds. The van der Waals surface area contributed by atoms with Gasteiger partial charge in [-0.2, -0.15) is 0 Å². The van der Waals surface area contributed by atoms with E-state index in [0.717, 1.165) is 13.0 Å². The molecule has 0 aliphatic carbocycles. The predicted octanol–water partition coefficient (Wildman–Crippen LogP) is 1.71. The number of carbonyl (C=O) groups is 2. The van der Waals surface area contributed by atoms with E-state index in [1.54, 1.807) is 0 Å². The highest BCUT2D eigenvalue weighted by molar-refractivity contribution is 5.75. The Morgan fingerprint density at radius 3 is 2.30 bits per heavy atom. The first-order valence-electron chi connectivity index (χ1n) is 7.16. The van der Waals surface area contributed by atoms with E-state index >= 15 is 0 Å². The lowest BCUT2D eigenvalue weighted by molar-refractivity contribution is -0.142. The van der Waals surface area contributed by atoms with Gasteiger partial charge in [0.2, 0.25) is 0 Å². The van der Waals surface area contributed by atoms with Crippen LogP contribution in [0.4, 0.5) is 4.79 Å². The highest BCUT2D eigenvalue weighted by Gasteiger charge is 2.21. The monoisotopic (exact) mass is 288 g/mol. The smallest absolute Gasteiger partial charge is 0.314 e.